The van der Waals surface area contributed by atoms with Crippen molar-refractivity contribution in [3.05, 3.63) is 36.0 Å². The Balaban J connectivity index is 0.000000351. The Morgan fingerprint density at radius 2 is 1.75 bits per heavy atom. The number of ether oxygens (including phenoxy) is 1. The monoisotopic (exact) mass is 340 g/mol. The lowest BCUT2D eigenvalue weighted by Gasteiger charge is -2.00. The molecule has 0 unspecified atom stereocenters. The fourth-order valence-corrected chi connectivity index (χ4v) is 1.74. The van der Waals surface area contributed by atoms with Gasteiger partial charge in [-0.1, -0.05) is 26.0 Å². The Hall–Kier alpha value is -2.02. The molecule has 0 fully saturated rings. The van der Waals surface area contributed by atoms with E-state index in [9.17, 15) is 8.78 Å². The maximum Gasteiger partial charge on any atom is 0.169 e. The topological polar surface area (TPSA) is 52.0 Å². The van der Waals surface area contributed by atoms with E-state index < -0.39 is 11.6 Å². The molecule has 0 saturated heterocycles. The van der Waals surface area contributed by atoms with Crippen LogP contribution in [0.5, 0.6) is 0 Å². The van der Waals surface area contributed by atoms with Gasteiger partial charge in [0.1, 0.15) is 0 Å². The first-order valence-electron chi connectivity index (χ1n) is 8.31. The summed E-state index contributed by atoms with van der Waals surface area (Å²) in [5, 5.41) is 10.7. The van der Waals surface area contributed by atoms with Crippen LogP contribution in [0.1, 0.15) is 40.0 Å². The molecule has 0 amide bonds. The van der Waals surface area contributed by atoms with Gasteiger partial charge in [-0.25, -0.2) is 13.5 Å². The molecule has 1 aromatic carbocycles. The summed E-state index contributed by atoms with van der Waals surface area (Å²) in [6, 6.07) is 3.58. The van der Waals surface area contributed by atoms with Gasteiger partial charge in [0, 0.05) is 25.8 Å². The predicted molar refractivity (Wildman–Crippen MR) is 91.5 cm³/mol. The van der Waals surface area contributed by atoms with Crippen molar-refractivity contribution in [3.8, 4) is 5.69 Å². The minimum Gasteiger partial charge on any atom is -0.381 e. The molecular formula is C17H26F2N4O. The fraction of sp³-hybridized carbons (Fsp3) is 0.529. The molecule has 0 aliphatic heterocycles. The molecule has 0 aliphatic carbocycles. The van der Waals surface area contributed by atoms with Crippen LogP contribution in [0.25, 0.3) is 5.69 Å². The van der Waals surface area contributed by atoms with Gasteiger partial charge in [-0.2, -0.15) is 0 Å². The zero-order valence-electron chi connectivity index (χ0n) is 14.6. The Bertz CT molecular complexity index is 586. The number of rotatable bonds is 8. The molecule has 134 valence electrons. The standard InChI is InChI=1S/C11H12F2N4.C6H14O/c1-2-5-14-11-7-17(16-15-11)8-3-4-9(12)10(13)6-8;1-3-5-7-6-4-2/h3-4,6-7,14H,2,5H2,1H3;3-6H2,1-2H3. The highest BCUT2D eigenvalue weighted by Crippen LogP contribution is 2.13. The van der Waals surface area contributed by atoms with Crippen molar-refractivity contribution in [2.45, 2.75) is 40.0 Å². The Kier molecular flexibility index (Phi) is 9.60. The molecule has 0 spiro atoms. The zero-order chi connectivity index (χ0) is 17.8. The van der Waals surface area contributed by atoms with E-state index in [2.05, 4.69) is 29.5 Å². The highest BCUT2D eigenvalue weighted by molar-refractivity contribution is 5.37. The Morgan fingerprint density at radius 3 is 2.33 bits per heavy atom. The van der Waals surface area contributed by atoms with Crippen molar-refractivity contribution < 1.29 is 13.5 Å². The molecule has 0 bridgehead atoms. The molecule has 24 heavy (non-hydrogen) atoms. The second-order valence-electron chi connectivity index (χ2n) is 5.19. The van der Waals surface area contributed by atoms with Crippen LogP contribution in [0, 0.1) is 11.6 Å². The Labute approximate surface area is 142 Å². The van der Waals surface area contributed by atoms with Crippen molar-refractivity contribution in [1.82, 2.24) is 15.0 Å². The van der Waals surface area contributed by atoms with Crippen molar-refractivity contribution in [3.63, 3.8) is 0 Å². The molecule has 0 atom stereocenters. The van der Waals surface area contributed by atoms with E-state index in [-0.39, 0.29) is 0 Å². The molecule has 7 heteroatoms. The lowest BCUT2D eigenvalue weighted by atomic mass is 10.3. The first-order chi connectivity index (χ1) is 11.6. The quantitative estimate of drug-likeness (QED) is 0.732. The van der Waals surface area contributed by atoms with Crippen LogP contribution in [0.2, 0.25) is 0 Å². The number of anilines is 1. The van der Waals surface area contributed by atoms with Crippen LogP contribution in [0.4, 0.5) is 14.6 Å². The summed E-state index contributed by atoms with van der Waals surface area (Å²) < 4.78 is 32.3. The van der Waals surface area contributed by atoms with Crippen LogP contribution >= 0.6 is 0 Å². The number of benzene rings is 1. The summed E-state index contributed by atoms with van der Waals surface area (Å²) in [7, 11) is 0. The average Bonchev–Trinajstić information content (AvgIpc) is 3.05. The first kappa shape index (κ1) is 20.0. The van der Waals surface area contributed by atoms with Gasteiger partial charge in [0.2, 0.25) is 0 Å². The number of hydrogen-bond donors (Lipinski definition) is 1. The summed E-state index contributed by atoms with van der Waals surface area (Å²) in [5.74, 6) is -1.17. The molecule has 2 rings (SSSR count). The highest BCUT2D eigenvalue weighted by atomic mass is 19.2. The number of nitrogens with one attached hydrogen (secondary N) is 1. The molecule has 2 aromatic rings. The van der Waals surface area contributed by atoms with E-state index >= 15 is 0 Å². The molecule has 5 nitrogen and oxygen atoms in total. The van der Waals surface area contributed by atoms with Gasteiger partial charge in [0.05, 0.1) is 11.9 Å². The van der Waals surface area contributed by atoms with Crippen molar-refractivity contribution in [2.24, 2.45) is 0 Å². The number of hydrogen-bond acceptors (Lipinski definition) is 4. The molecule has 1 N–H and O–H groups in total. The molecular weight excluding hydrogens is 314 g/mol. The van der Waals surface area contributed by atoms with Crippen molar-refractivity contribution in [2.75, 3.05) is 25.1 Å². The first-order valence-corrected chi connectivity index (χ1v) is 8.31. The summed E-state index contributed by atoms with van der Waals surface area (Å²) in [6.45, 7) is 8.91. The minimum absolute atomic E-state index is 0.431. The summed E-state index contributed by atoms with van der Waals surface area (Å²) >= 11 is 0. The largest absolute Gasteiger partial charge is 0.381 e. The smallest absolute Gasteiger partial charge is 0.169 e. The highest BCUT2D eigenvalue weighted by Gasteiger charge is 2.06. The van der Waals surface area contributed by atoms with Gasteiger partial charge in [-0.3, -0.25) is 0 Å². The van der Waals surface area contributed by atoms with E-state index in [0.29, 0.717) is 11.5 Å². The van der Waals surface area contributed by atoms with Crippen LogP contribution in [-0.4, -0.2) is 34.8 Å². The second-order valence-corrected chi connectivity index (χ2v) is 5.19. The summed E-state index contributed by atoms with van der Waals surface area (Å²) in [4.78, 5) is 0. The van der Waals surface area contributed by atoms with E-state index in [1.165, 1.54) is 10.7 Å². The van der Waals surface area contributed by atoms with Crippen LogP contribution in [-0.2, 0) is 4.74 Å². The predicted octanol–water partition coefficient (Wildman–Crippen LogP) is 4.19. The fourth-order valence-electron chi connectivity index (χ4n) is 1.74. The lowest BCUT2D eigenvalue weighted by molar-refractivity contribution is 0.135. The summed E-state index contributed by atoms with van der Waals surface area (Å²) in [5.41, 5.74) is 0.431. The van der Waals surface area contributed by atoms with Gasteiger partial charge in [-0.15, -0.1) is 5.10 Å². The lowest BCUT2D eigenvalue weighted by Crippen LogP contribution is -1.99. The molecule has 0 radical (unpaired) electrons. The molecule has 0 saturated carbocycles. The molecule has 1 heterocycles. The van der Waals surface area contributed by atoms with Crippen LogP contribution in [0.15, 0.2) is 24.4 Å². The van der Waals surface area contributed by atoms with E-state index in [0.717, 1.165) is 51.2 Å². The van der Waals surface area contributed by atoms with Crippen LogP contribution in [0.3, 0.4) is 0 Å². The maximum atomic E-state index is 13.0. The number of halogens is 2. The maximum absolute atomic E-state index is 13.0. The third kappa shape index (κ3) is 7.04. The van der Waals surface area contributed by atoms with Crippen molar-refractivity contribution >= 4 is 5.82 Å². The number of nitrogens with zero attached hydrogens (tertiary/aromatic N) is 3. The van der Waals surface area contributed by atoms with E-state index in [1.54, 1.807) is 6.20 Å². The van der Waals surface area contributed by atoms with Gasteiger partial charge < -0.3 is 10.1 Å². The summed E-state index contributed by atoms with van der Waals surface area (Å²) in [6.07, 6.45) is 4.88. The van der Waals surface area contributed by atoms with E-state index in [4.69, 9.17) is 4.74 Å². The number of aromatic nitrogens is 3. The third-order valence-corrected chi connectivity index (χ3v) is 2.91. The zero-order valence-corrected chi connectivity index (χ0v) is 14.6. The third-order valence-electron chi connectivity index (χ3n) is 2.91. The SMILES string of the molecule is CCCNc1cn(-c2ccc(F)c(F)c2)nn1.CCCOCCC. The van der Waals surface area contributed by atoms with Gasteiger partial charge in [0.15, 0.2) is 17.5 Å². The normalized spacial score (nSPS) is 10.2. The van der Waals surface area contributed by atoms with Gasteiger partial charge in [-0.05, 0) is 31.4 Å². The Morgan fingerprint density at radius 1 is 1.04 bits per heavy atom. The average molecular weight is 340 g/mol. The minimum atomic E-state index is -0.902. The second kappa shape index (κ2) is 11.5. The van der Waals surface area contributed by atoms with Gasteiger partial charge in [0.25, 0.3) is 0 Å². The van der Waals surface area contributed by atoms with Gasteiger partial charge >= 0.3 is 0 Å². The van der Waals surface area contributed by atoms with Crippen LogP contribution < -0.4 is 5.32 Å². The van der Waals surface area contributed by atoms with Crippen molar-refractivity contribution in [1.29, 1.82) is 0 Å². The molecule has 1 aromatic heterocycles. The molecule has 0 aliphatic rings. The van der Waals surface area contributed by atoms with E-state index in [1.807, 2.05) is 6.92 Å².